The number of amides is 1. The number of carbonyl (C=O) groups excluding carboxylic acids is 1. The van der Waals surface area contributed by atoms with Crippen LogP contribution < -0.4 is 0 Å². The van der Waals surface area contributed by atoms with Gasteiger partial charge in [-0.1, -0.05) is 0 Å². The summed E-state index contributed by atoms with van der Waals surface area (Å²) in [5.74, 6) is 1.18. The molecule has 3 fully saturated rings. The van der Waals surface area contributed by atoms with Crippen molar-refractivity contribution in [2.45, 2.75) is 62.8 Å². The van der Waals surface area contributed by atoms with Crippen LogP contribution in [-0.4, -0.2) is 65.3 Å². The van der Waals surface area contributed by atoms with Crippen LogP contribution in [0.15, 0.2) is 16.5 Å². The molecule has 0 radical (unpaired) electrons. The molecule has 6 heteroatoms. The second-order valence-electron chi connectivity index (χ2n) is 7.71. The zero-order chi connectivity index (χ0) is 17.4. The minimum Gasteiger partial charge on any atom is -0.455 e. The summed E-state index contributed by atoms with van der Waals surface area (Å²) in [6.45, 7) is 3.64. The fraction of sp³-hybridized carbons (Fsp3) is 0.737. The SMILES string of the molecule is CO[C@@]12CC[C@@H](O)C[C@@H]1N(C(=O)c1ccc(CN3CCCC3)o1)CC2. The average Bonchev–Trinajstić information content (AvgIpc) is 3.34. The van der Waals surface area contributed by atoms with Gasteiger partial charge >= 0.3 is 0 Å². The van der Waals surface area contributed by atoms with Crippen LogP contribution in [0.4, 0.5) is 0 Å². The van der Waals surface area contributed by atoms with Gasteiger partial charge in [0.15, 0.2) is 5.76 Å². The maximum absolute atomic E-state index is 13.0. The van der Waals surface area contributed by atoms with Crippen LogP contribution in [0, 0.1) is 0 Å². The van der Waals surface area contributed by atoms with Crippen LogP contribution in [0.5, 0.6) is 0 Å². The second kappa shape index (κ2) is 6.74. The second-order valence-corrected chi connectivity index (χ2v) is 7.71. The molecular formula is C19H28N2O4. The topological polar surface area (TPSA) is 66.2 Å². The minimum absolute atomic E-state index is 0.0686. The first-order valence-corrected chi connectivity index (χ1v) is 9.46. The monoisotopic (exact) mass is 348 g/mol. The third kappa shape index (κ3) is 3.11. The molecule has 2 aliphatic heterocycles. The molecule has 0 spiro atoms. The Hall–Kier alpha value is -1.37. The van der Waals surface area contributed by atoms with Crippen LogP contribution in [0.3, 0.4) is 0 Å². The van der Waals surface area contributed by atoms with Crippen molar-refractivity contribution in [3.8, 4) is 0 Å². The molecule has 3 aliphatic rings. The number of rotatable bonds is 4. The molecule has 1 aliphatic carbocycles. The highest BCUT2D eigenvalue weighted by Crippen LogP contribution is 2.43. The van der Waals surface area contributed by atoms with Gasteiger partial charge < -0.3 is 19.2 Å². The normalized spacial score (nSPS) is 33.0. The molecule has 25 heavy (non-hydrogen) atoms. The first kappa shape index (κ1) is 17.1. The Kier molecular flexibility index (Phi) is 4.60. The summed E-state index contributed by atoms with van der Waals surface area (Å²) >= 11 is 0. The van der Waals surface area contributed by atoms with E-state index >= 15 is 0 Å². The van der Waals surface area contributed by atoms with Gasteiger partial charge in [0.2, 0.25) is 0 Å². The fourth-order valence-electron chi connectivity index (χ4n) is 4.80. The van der Waals surface area contributed by atoms with E-state index in [1.54, 1.807) is 13.2 Å². The minimum atomic E-state index is -0.357. The van der Waals surface area contributed by atoms with Gasteiger partial charge in [0, 0.05) is 13.7 Å². The lowest BCUT2D eigenvalue weighted by Gasteiger charge is -2.42. The average molecular weight is 348 g/mol. The van der Waals surface area contributed by atoms with Crippen molar-refractivity contribution >= 4 is 5.91 Å². The van der Waals surface area contributed by atoms with E-state index in [1.165, 1.54) is 12.8 Å². The highest BCUT2D eigenvalue weighted by atomic mass is 16.5. The van der Waals surface area contributed by atoms with Crippen molar-refractivity contribution < 1.29 is 19.1 Å². The molecule has 1 saturated carbocycles. The van der Waals surface area contributed by atoms with Gasteiger partial charge in [0.1, 0.15) is 5.76 Å². The molecule has 4 rings (SSSR count). The van der Waals surface area contributed by atoms with Crippen LogP contribution in [-0.2, 0) is 11.3 Å². The number of furan rings is 1. The van der Waals surface area contributed by atoms with Gasteiger partial charge in [-0.05, 0) is 63.7 Å². The Labute approximate surface area is 148 Å². The first-order chi connectivity index (χ1) is 12.1. The van der Waals surface area contributed by atoms with E-state index in [0.29, 0.717) is 18.7 Å². The van der Waals surface area contributed by atoms with E-state index in [4.69, 9.17) is 9.15 Å². The van der Waals surface area contributed by atoms with Gasteiger partial charge in [-0.3, -0.25) is 9.69 Å². The molecule has 3 atom stereocenters. The van der Waals surface area contributed by atoms with Crippen molar-refractivity contribution in [1.82, 2.24) is 9.80 Å². The van der Waals surface area contributed by atoms with Gasteiger partial charge in [0.25, 0.3) is 5.91 Å². The number of hydrogen-bond acceptors (Lipinski definition) is 5. The fourth-order valence-corrected chi connectivity index (χ4v) is 4.80. The molecule has 0 bridgehead atoms. The summed E-state index contributed by atoms with van der Waals surface area (Å²) in [5.41, 5.74) is -0.306. The summed E-state index contributed by atoms with van der Waals surface area (Å²) in [4.78, 5) is 17.2. The third-order valence-corrected chi connectivity index (χ3v) is 6.27. The number of carbonyl (C=O) groups is 1. The molecule has 3 heterocycles. The molecule has 1 aromatic heterocycles. The molecule has 2 saturated heterocycles. The van der Waals surface area contributed by atoms with Crippen molar-refractivity contribution in [3.63, 3.8) is 0 Å². The summed E-state index contributed by atoms with van der Waals surface area (Å²) in [7, 11) is 1.72. The van der Waals surface area contributed by atoms with E-state index in [0.717, 1.165) is 44.7 Å². The number of likely N-dealkylation sites (tertiary alicyclic amines) is 2. The van der Waals surface area contributed by atoms with Crippen LogP contribution in [0.25, 0.3) is 0 Å². The number of aliphatic hydroxyl groups excluding tert-OH is 1. The standard InChI is InChI=1S/C19H28N2O4/c1-24-19-7-6-14(22)12-17(19)21(11-8-19)18(23)16-5-4-15(25-16)13-20-9-2-3-10-20/h4-5,14,17,22H,2-3,6-13H2,1H3/t14-,17+,19-/m1/s1. The lowest BCUT2D eigenvalue weighted by molar-refractivity contribution is -0.0826. The van der Waals surface area contributed by atoms with Gasteiger partial charge in [-0.15, -0.1) is 0 Å². The molecule has 138 valence electrons. The summed E-state index contributed by atoms with van der Waals surface area (Å²) < 4.78 is 11.7. The largest absolute Gasteiger partial charge is 0.455 e. The Morgan fingerprint density at radius 2 is 2.12 bits per heavy atom. The smallest absolute Gasteiger partial charge is 0.289 e. The van der Waals surface area contributed by atoms with E-state index in [9.17, 15) is 9.90 Å². The molecule has 1 amide bonds. The number of methoxy groups -OCH3 is 1. The molecule has 1 aromatic rings. The number of ether oxygens (including phenoxy) is 1. The maximum atomic E-state index is 13.0. The van der Waals surface area contributed by atoms with Gasteiger partial charge in [-0.25, -0.2) is 0 Å². The number of hydrogen-bond donors (Lipinski definition) is 1. The lowest BCUT2D eigenvalue weighted by atomic mass is 9.79. The van der Waals surface area contributed by atoms with Crippen molar-refractivity contribution in [2.24, 2.45) is 0 Å². The molecular weight excluding hydrogens is 320 g/mol. The van der Waals surface area contributed by atoms with Gasteiger partial charge in [-0.2, -0.15) is 0 Å². The Morgan fingerprint density at radius 1 is 1.32 bits per heavy atom. The van der Waals surface area contributed by atoms with E-state index in [1.807, 2.05) is 11.0 Å². The van der Waals surface area contributed by atoms with Crippen molar-refractivity contribution in [2.75, 3.05) is 26.7 Å². The predicted molar refractivity (Wildman–Crippen MR) is 92.3 cm³/mol. The predicted octanol–water partition coefficient (Wildman–Crippen LogP) is 2.02. The third-order valence-electron chi connectivity index (χ3n) is 6.27. The summed E-state index contributed by atoms with van der Waals surface area (Å²) in [5, 5.41) is 10.1. The molecule has 6 nitrogen and oxygen atoms in total. The first-order valence-electron chi connectivity index (χ1n) is 9.46. The molecule has 0 unspecified atom stereocenters. The van der Waals surface area contributed by atoms with Crippen molar-refractivity contribution in [3.05, 3.63) is 23.7 Å². The zero-order valence-electron chi connectivity index (χ0n) is 14.9. The Balaban J connectivity index is 1.48. The highest BCUT2D eigenvalue weighted by molar-refractivity contribution is 5.92. The Bertz CT molecular complexity index is 625. The van der Waals surface area contributed by atoms with Crippen LogP contribution in [0.1, 0.15) is 54.8 Å². The van der Waals surface area contributed by atoms with E-state index in [-0.39, 0.29) is 23.7 Å². The van der Waals surface area contributed by atoms with Crippen LogP contribution in [0.2, 0.25) is 0 Å². The Morgan fingerprint density at radius 3 is 2.88 bits per heavy atom. The van der Waals surface area contributed by atoms with E-state index < -0.39 is 0 Å². The summed E-state index contributed by atoms with van der Waals surface area (Å²) in [6, 6.07) is 3.64. The van der Waals surface area contributed by atoms with Gasteiger partial charge in [0.05, 0.1) is 24.3 Å². The summed E-state index contributed by atoms with van der Waals surface area (Å²) in [6.07, 6.45) is 5.08. The highest BCUT2D eigenvalue weighted by Gasteiger charge is 2.52. The molecule has 1 N–H and O–H groups in total. The maximum Gasteiger partial charge on any atom is 0.289 e. The zero-order valence-corrected chi connectivity index (χ0v) is 14.9. The van der Waals surface area contributed by atoms with Crippen molar-refractivity contribution in [1.29, 1.82) is 0 Å². The van der Waals surface area contributed by atoms with Crippen LogP contribution >= 0.6 is 0 Å². The lowest BCUT2D eigenvalue weighted by Crippen LogP contribution is -2.52. The number of fused-ring (bicyclic) bond motifs is 1. The quantitative estimate of drug-likeness (QED) is 0.902. The number of aliphatic hydroxyl groups is 1. The number of nitrogens with zero attached hydrogens (tertiary/aromatic N) is 2. The molecule has 0 aromatic carbocycles. The van der Waals surface area contributed by atoms with E-state index in [2.05, 4.69) is 4.90 Å².